The van der Waals surface area contributed by atoms with Crippen molar-refractivity contribution in [2.75, 3.05) is 43.0 Å². The quantitative estimate of drug-likeness (QED) is 0.438. The molecule has 1 aliphatic rings. The highest BCUT2D eigenvalue weighted by atomic mass is 16.3. The Hall–Kier alpha value is -2.89. The molecule has 4 N–H and O–H groups in total. The zero-order valence-electron chi connectivity index (χ0n) is 14.7. The van der Waals surface area contributed by atoms with Crippen LogP contribution in [-0.4, -0.2) is 72.7 Å². The predicted molar refractivity (Wildman–Crippen MR) is 98.7 cm³/mol. The van der Waals surface area contributed by atoms with E-state index in [1.807, 2.05) is 0 Å². The van der Waals surface area contributed by atoms with Gasteiger partial charge in [-0.2, -0.15) is 10.1 Å². The third-order valence-electron chi connectivity index (χ3n) is 4.33. The number of nitrogens with zero attached hydrogens (tertiary/aromatic N) is 7. The first-order valence-corrected chi connectivity index (χ1v) is 8.78. The van der Waals surface area contributed by atoms with Gasteiger partial charge in [0.25, 0.3) is 0 Å². The standard InChI is InChI=1S/C16H21N9O2/c26-8-7-25-14-13(11(9-27)23-25)21-16(24-5-3-17-4-6-24)22-15(14)20-12-1-2-18-10-19-12/h1-2,10,17,26-27H,3-9H2,(H,18,19,20,21,22). The van der Waals surface area contributed by atoms with Crippen LogP contribution in [0.4, 0.5) is 17.6 Å². The number of aliphatic hydroxyl groups excluding tert-OH is 2. The summed E-state index contributed by atoms with van der Waals surface area (Å²) in [4.78, 5) is 19.6. The van der Waals surface area contributed by atoms with Crippen molar-refractivity contribution < 1.29 is 10.2 Å². The molecule has 0 atom stereocenters. The van der Waals surface area contributed by atoms with E-state index in [0.29, 0.717) is 34.3 Å². The lowest BCUT2D eigenvalue weighted by atomic mass is 10.3. The first kappa shape index (κ1) is 17.5. The van der Waals surface area contributed by atoms with Crippen LogP contribution in [0.1, 0.15) is 5.69 Å². The van der Waals surface area contributed by atoms with Crippen LogP contribution < -0.4 is 15.5 Å². The molecule has 0 spiro atoms. The van der Waals surface area contributed by atoms with Crippen LogP contribution in [-0.2, 0) is 13.2 Å². The second-order valence-corrected chi connectivity index (χ2v) is 6.08. The van der Waals surface area contributed by atoms with Crippen LogP contribution in [0.3, 0.4) is 0 Å². The van der Waals surface area contributed by atoms with Crippen molar-refractivity contribution in [1.29, 1.82) is 0 Å². The molecule has 27 heavy (non-hydrogen) atoms. The number of aromatic nitrogens is 6. The van der Waals surface area contributed by atoms with E-state index in [4.69, 9.17) is 4.98 Å². The zero-order valence-corrected chi connectivity index (χ0v) is 14.7. The maximum Gasteiger partial charge on any atom is 0.228 e. The minimum absolute atomic E-state index is 0.0891. The number of aliphatic hydroxyl groups is 2. The van der Waals surface area contributed by atoms with Crippen LogP contribution in [0.5, 0.6) is 0 Å². The van der Waals surface area contributed by atoms with Crippen molar-refractivity contribution in [1.82, 2.24) is 35.0 Å². The van der Waals surface area contributed by atoms with Gasteiger partial charge in [0.1, 0.15) is 28.9 Å². The minimum atomic E-state index is -0.250. The number of hydrogen-bond acceptors (Lipinski definition) is 10. The zero-order chi connectivity index (χ0) is 18.6. The predicted octanol–water partition coefficient (Wildman–Crippen LogP) is -0.746. The third-order valence-corrected chi connectivity index (χ3v) is 4.33. The summed E-state index contributed by atoms with van der Waals surface area (Å²) in [5.41, 5.74) is 1.62. The fourth-order valence-corrected chi connectivity index (χ4v) is 3.07. The van der Waals surface area contributed by atoms with Crippen molar-refractivity contribution in [2.45, 2.75) is 13.2 Å². The lowest BCUT2D eigenvalue weighted by Crippen LogP contribution is -2.44. The Morgan fingerprint density at radius 1 is 1.19 bits per heavy atom. The highest BCUT2D eigenvalue weighted by Gasteiger charge is 2.22. The monoisotopic (exact) mass is 371 g/mol. The van der Waals surface area contributed by atoms with Crippen LogP contribution in [0.25, 0.3) is 11.0 Å². The molecule has 0 bridgehead atoms. The molecule has 0 radical (unpaired) electrons. The van der Waals surface area contributed by atoms with E-state index < -0.39 is 0 Å². The van der Waals surface area contributed by atoms with E-state index in [1.165, 1.54) is 6.33 Å². The average molecular weight is 371 g/mol. The molecule has 142 valence electrons. The van der Waals surface area contributed by atoms with Crippen molar-refractivity contribution in [3.63, 3.8) is 0 Å². The Bertz CT molecular complexity index is 909. The van der Waals surface area contributed by atoms with Gasteiger partial charge in [0.05, 0.1) is 19.8 Å². The van der Waals surface area contributed by atoms with Gasteiger partial charge in [-0.1, -0.05) is 0 Å². The lowest BCUT2D eigenvalue weighted by Gasteiger charge is -2.27. The molecule has 1 fully saturated rings. The SMILES string of the molecule is OCCn1nc(CO)c2nc(N3CCNCC3)nc(Nc3ccncn3)c21. The maximum atomic E-state index is 9.74. The van der Waals surface area contributed by atoms with E-state index >= 15 is 0 Å². The number of anilines is 3. The number of piperazine rings is 1. The Kier molecular flexibility index (Phi) is 5.05. The van der Waals surface area contributed by atoms with Gasteiger partial charge in [-0.25, -0.2) is 15.0 Å². The molecule has 0 aromatic carbocycles. The molecule has 0 amide bonds. The topological polar surface area (TPSA) is 137 Å². The molecule has 0 aliphatic carbocycles. The normalized spacial score (nSPS) is 14.7. The number of fused-ring (bicyclic) bond motifs is 1. The summed E-state index contributed by atoms with van der Waals surface area (Å²) < 4.78 is 1.60. The average Bonchev–Trinajstić information content (AvgIpc) is 3.07. The number of rotatable bonds is 6. The molecule has 0 saturated carbocycles. The molecular weight excluding hydrogens is 350 g/mol. The summed E-state index contributed by atoms with van der Waals surface area (Å²) in [6.45, 7) is 3.22. The largest absolute Gasteiger partial charge is 0.394 e. The van der Waals surface area contributed by atoms with Gasteiger partial charge < -0.3 is 25.7 Å². The van der Waals surface area contributed by atoms with Crippen LogP contribution in [0.2, 0.25) is 0 Å². The molecule has 11 heteroatoms. The fraction of sp³-hybridized carbons (Fsp3) is 0.438. The highest BCUT2D eigenvalue weighted by Crippen LogP contribution is 2.28. The second-order valence-electron chi connectivity index (χ2n) is 6.08. The van der Waals surface area contributed by atoms with E-state index in [0.717, 1.165) is 26.2 Å². The summed E-state index contributed by atoms with van der Waals surface area (Å²) >= 11 is 0. The molecule has 1 aliphatic heterocycles. The molecule has 0 unspecified atom stereocenters. The summed E-state index contributed by atoms with van der Waals surface area (Å²) in [5.74, 6) is 1.67. The molecule has 3 aromatic heterocycles. The number of hydrogen-bond donors (Lipinski definition) is 4. The van der Waals surface area contributed by atoms with Crippen molar-refractivity contribution in [3.8, 4) is 0 Å². The first-order valence-electron chi connectivity index (χ1n) is 8.78. The highest BCUT2D eigenvalue weighted by molar-refractivity contribution is 5.90. The Morgan fingerprint density at radius 3 is 2.74 bits per heavy atom. The minimum Gasteiger partial charge on any atom is -0.394 e. The fourth-order valence-electron chi connectivity index (χ4n) is 3.07. The first-order chi connectivity index (χ1) is 13.3. The van der Waals surface area contributed by atoms with Gasteiger partial charge in [0.15, 0.2) is 5.82 Å². The van der Waals surface area contributed by atoms with Gasteiger partial charge in [-0.15, -0.1) is 0 Å². The Morgan fingerprint density at radius 2 is 2.04 bits per heavy atom. The van der Waals surface area contributed by atoms with Crippen LogP contribution >= 0.6 is 0 Å². The van der Waals surface area contributed by atoms with Gasteiger partial charge in [-0.3, -0.25) is 4.68 Å². The van der Waals surface area contributed by atoms with Crippen molar-refractivity contribution in [3.05, 3.63) is 24.3 Å². The molecule has 11 nitrogen and oxygen atoms in total. The smallest absolute Gasteiger partial charge is 0.228 e. The van der Waals surface area contributed by atoms with Crippen molar-refractivity contribution >= 4 is 28.6 Å². The van der Waals surface area contributed by atoms with E-state index in [9.17, 15) is 10.2 Å². The van der Waals surface area contributed by atoms with Gasteiger partial charge in [0.2, 0.25) is 5.95 Å². The van der Waals surface area contributed by atoms with Gasteiger partial charge in [-0.05, 0) is 6.07 Å². The lowest BCUT2D eigenvalue weighted by molar-refractivity contribution is 0.262. The Labute approximate surface area is 155 Å². The maximum absolute atomic E-state index is 9.74. The van der Waals surface area contributed by atoms with E-state index in [1.54, 1.807) is 16.9 Å². The van der Waals surface area contributed by atoms with Crippen molar-refractivity contribution in [2.24, 2.45) is 0 Å². The Balaban J connectivity index is 1.86. The second kappa shape index (κ2) is 7.78. The summed E-state index contributed by atoms with van der Waals surface area (Å²) in [5, 5.41) is 30.0. The molecule has 3 aromatic rings. The molecule has 1 saturated heterocycles. The van der Waals surface area contributed by atoms with Crippen LogP contribution in [0, 0.1) is 0 Å². The molecule has 4 rings (SSSR count). The molecular formula is C16H21N9O2. The van der Waals surface area contributed by atoms with E-state index in [2.05, 4.69) is 35.6 Å². The van der Waals surface area contributed by atoms with Gasteiger partial charge in [0, 0.05) is 32.4 Å². The van der Waals surface area contributed by atoms with E-state index in [-0.39, 0.29) is 19.8 Å². The summed E-state index contributed by atoms with van der Waals surface area (Å²) in [6.07, 6.45) is 3.08. The van der Waals surface area contributed by atoms with Crippen LogP contribution in [0.15, 0.2) is 18.6 Å². The number of nitrogens with one attached hydrogen (secondary N) is 2. The summed E-state index contributed by atoms with van der Waals surface area (Å²) in [6, 6.07) is 1.73. The van der Waals surface area contributed by atoms with Gasteiger partial charge >= 0.3 is 0 Å². The molecule has 4 heterocycles. The third kappa shape index (κ3) is 3.52. The summed E-state index contributed by atoms with van der Waals surface area (Å²) in [7, 11) is 0.